The van der Waals surface area contributed by atoms with Crippen LogP contribution in [0.3, 0.4) is 0 Å². The lowest BCUT2D eigenvalue weighted by Crippen LogP contribution is -2.50. The van der Waals surface area contributed by atoms with Crippen molar-refractivity contribution >= 4 is 47.1 Å². The van der Waals surface area contributed by atoms with Crippen LogP contribution in [0.5, 0.6) is 0 Å². The fourth-order valence-electron chi connectivity index (χ4n) is 3.11. The van der Waals surface area contributed by atoms with Gasteiger partial charge in [-0.1, -0.05) is 23.2 Å². The molecule has 2 saturated heterocycles. The molecular formula is C16H17Cl2N3O3. The van der Waals surface area contributed by atoms with Crippen LogP contribution in [0.15, 0.2) is 18.2 Å². The number of rotatable bonds is 3. The van der Waals surface area contributed by atoms with E-state index in [9.17, 15) is 14.4 Å². The first-order valence-corrected chi connectivity index (χ1v) is 8.48. The quantitative estimate of drug-likeness (QED) is 0.761. The van der Waals surface area contributed by atoms with E-state index >= 15 is 0 Å². The number of halogens is 2. The lowest BCUT2D eigenvalue weighted by molar-refractivity contribution is -0.139. The van der Waals surface area contributed by atoms with Gasteiger partial charge in [0.25, 0.3) is 0 Å². The smallest absolute Gasteiger partial charge is 0.228 e. The largest absolute Gasteiger partial charge is 0.342 e. The SMILES string of the molecule is O=CN1CCN(C(=O)C2CC(=O)N(c3ccc(Cl)cc3Cl)C2)CC1. The minimum Gasteiger partial charge on any atom is -0.342 e. The molecule has 24 heavy (non-hydrogen) atoms. The van der Waals surface area contributed by atoms with E-state index in [1.165, 1.54) is 0 Å². The molecular weight excluding hydrogens is 353 g/mol. The summed E-state index contributed by atoms with van der Waals surface area (Å²) in [5.74, 6) is -0.544. The Kier molecular flexibility index (Phi) is 4.96. The molecule has 1 aromatic carbocycles. The molecule has 3 rings (SSSR count). The van der Waals surface area contributed by atoms with Gasteiger partial charge in [-0.3, -0.25) is 14.4 Å². The number of piperazine rings is 1. The molecule has 2 heterocycles. The third-order valence-corrected chi connectivity index (χ3v) is 4.99. The zero-order chi connectivity index (χ0) is 17.3. The van der Waals surface area contributed by atoms with Gasteiger partial charge in [0.05, 0.1) is 16.6 Å². The molecule has 0 radical (unpaired) electrons. The highest BCUT2D eigenvalue weighted by atomic mass is 35.5. The third-order valence-electron chi connectivity index (χ3n) is 4.45. The normalized spacial score (nSPS) is 21.3. The van der Waals surface area contributed by atoms with E-state index in [-0.39, 0.29) is 24.2 Å². The van der Waals surface area contributed by atoms with E-state index in [2.05, 4.69) is 0 Å². The topological polar surface area (TPSA) is 60.9 Å². The van der Waals surface area contributed by atoms with Gasteiger partial charge in [0.15, 0.2) is 0 Å². The van der Waals surface area contributed by atoms with Crippen LogP contribution in [-0.4, -0.2) is 60.7 Å². The maximum atomic E-state index is 12.6. The van der Waals surface area contributed by atoms with Gasteiger partial charge < -0.3 is 14.7 Å². The summed E-state index contributed by atoms with van der Waals surface area (Å²) in [5.41, 5.74) is 0.576. The van der Waals surface area contributed by atoms with Gasteiger partial charge in [0.1, 0.15) is 0 Å². The molecule has 0 aromatic heterocycles. The van der Waals surface area contributed by atoms with Crippen LogP contribution in [0.2, 0.25) is 10.0 Å². The molecule has 1 aromatic rings. The molecule has 0 spiro atoms. The Labute approximate surface area is 149 Å². The maximum absolute atomic E-state index is 12.6. The number of benzene rings is 1. The first kappa shape index (κ1) is 17.0. The average molecular weight is 370 g/mol. The number of amides is 3. The molecule has 2 aliphatic rings. The molecule has 0 bridgehead atoms. The lowest BCUT2D eigenvalue weighted by Gasteiger charge is -2.33. The van der Waals surface area contributed by atoms with Gasteiger partial charge in [0.2, 0.25) is 18.2 Å². The summed E-state index contributed by atoms with van der Waals surface area (Å²) in [6.07, 6.45) is 0.969. The molecule has 3 amide bonds. The summed E-state index contributed by atoms with van der Waals surface area (Å²) in [6, 6.07) is 4.95. The van der Waals surface area contributed by atoms with E-state index in [0.29, 0.717) is 48.5 Å². The number of nitrogens with zero attached hydrogens (tertiary/aromatic N) is 3. The molecule has 128 valence electrons. The lowest BCUT2D eigenvalue weighted by atomic mass is 10.1. The second-order valence-electron chi connectivity index (χ2n) is 5.97. The number of hydrogen-bond acceptors (Lipinski definition) is 3. The Balaban J connectivity index is 1.68. The Morgan fingerprint density at radius 1 is 1.17 bits per heavy atom. The number of carbonyl (C=O) groups excluding carboxylic acids is 3. The fourth-order valence-corrected chi connectivity index (χ4v) is 3.62. The van der Waals surface area contributed by atoms with Crippen molar-refractivity contribution < 1.29 is 14.4 Å². The van der Waals surface area contributed by atoms with Crippen LogP contribution in [0.25, 0.3) is 0 Å². The minimum absolute atomic E-state index is 0.0403. The molecule has 2 fully saturated rings. The van der Waals surface area contributed by atoms with Crippen molar-refractivity contribution in [2.45, 2.75) is 6.42 Å². The van der Waals surface area contributed by atoms with Crippen LogP contribution in [0.1, 0.15) is 6.42 Å². The van der Waals surface area contributed by atoms with Crippen LogP contribution in [-0.2, 0) is 14.4 Å². The molecule has 0 N–H and O–H groups in total. The zero-order valence-corrected chi connectivity index (χ0v) is 14.5. The molecule has 1 unspecified atom stereocenters. The Morgan fingerprint density at radius 2 is 1.88 bits per heavy atom. The van der Waals surface area contributed by atoms with Crippen molar-refractivity contribution in [1.82, 2.24) is 9.80 Å². The van der Waals surface area contributed by atoms with Gasteiger partial charge in [-0.05, 0) is 18.2 Å². The summed E-state index contributed by atoms with van der Waals surface area (Å²) < 4.78 is 0. The summed E-state index contributed by atoms with van der Waals surface area (Å²) in [5, 5.41) is 0.889. The van der Waals surface area contributed by atoms with E-state index in [1.54, 1.807) is 32.9 Å². The van der Waals surface area contributed by atoms with Gasteiger partial charge in [-0.2, -0.15) is 0 Å². The molecule has 2 aliphatic heterocycles. The van der Waals surface area contributed by atoms with E-state index in [0.717, 1.165) is 6.41 Å². The highest BCUT2D eigenvalue weighted by molar-refractivity contribution is 6.36. The average Bonchev–Trinajstić information content (AvgIpc) is 2.96. The van der Waals surface area contributed by atoms with Crippen LogP contribution in [0, 0.1) is 5.92 Å². The molecule has 8 heteroatoms. The second kappa shape index (κ2) is 6.99. The van der Waals surface area contributed by atoms with E-state index < -0.39 is 0 Å². The molecule has 0 aliphatic carbocycles. The van der Waals surface area contributed by atoms with E-state index in [4.69, 9.17) is 23.2 Å². The van der Waals surface area contributed by atoms with Crippen molar-refractivity contribution in [3.8, 4) is 0 Å². The number of hydrogen-bond donors (Lipinski definition) is 0. The first-order chi connectivity index (χ1) is 11.5. The predicted octanol–water partition coefficient (Wildman–Crippen LogP) is 1.65. The van der Waals surface area contributed by atoms with Crippen molar-refractivity contribution in [3.05, 3.63) is 28.2 Å². The van der Waals surface area contributed by atoms with Crippen LogP contribution in [0.4, 0.5) is 5.69 Å². The Morgan fingerprint density at radius 3 is 2.50 bits per heavy atom. The van der Waals surface area contributed by atoms with Gasteiger partial charge in [-0.25, -0.2) is 0 Å². The molecule has 1 atom stereocenters. The molecule has 0 saturated carbocycles. The highest BCUT2D eigenvalue weighted by Crippen LogP contribution is 2.33. The third kappa shape index (κ3) is 3.35. The Bertz CT molecular complexity index is 675. The van der Waals surface area contributed by atoms with Gasteiger partial charge in [-0.15, -0.1) is 0 Å². The minimum atomic E-state index is -0.382. The summed E-state index contributed by atoms with van der Waals surface area (Å²) in [7, 11) is 0. The van der Waals surface area contributed by atoms with Crippen LogP contribution >= 0.6 is 23.2 Å². The standard InChI is InChI=1S/C16H17Cl2N3O3/c17-12-1-2-14(13(18)8-12)21-9-11(7-15(21)23)16(24)20-5-3-19(10-22)4-6-20/h1-2,8,10-11H,3-7,9H2. The molecule has 6 nitrogen and oxygen atoms in total. The highest BCUT2D eigenvalue weighted by Gasteiger charge is 2.38. The monoisotopic (exact) mass is 369 g/mol. The van der Waals surface area contributed by atoms with Crippen LogP contribution < -0.4 is 4.90 Å². The number of carbonyl (C=O) groups is 3. The first-order valence-electron chi connectivity index (χ1n) is 7.73. The van der Waals surface area contributed by atoms with E-state index in [1.807, 2.05) is 0 Å². The maximum Gasteiger partial charge on any atom is 0.228 e. The zero-order valence-electron chi connectivity index (χ0n) is 13.0. The Hall–Kier alpha value is -1.79. The van der Waals surface area contributed by atoms with Crippen molar-refractivity contribution in [1.29, 1.82) is 0 Å². The van der Waals surface area contributed by atoms with Crippen molar-refractivity contribution in [2.24, 2.45) is 5.92 Å². The predicted molar refractivity (Wildman–Crippen MR) is 91.1 cm³/mol. The van der Waals surface area contributed by atoms with Crippen molar-refractivity contribution in [2.75, 3.05) is 37.6 Å². The van der Waals surface area contributed by atoms with Gasteiger partial charge in [0, 0.05) is 44.2 Å². The second-order valence-corrected chi connectivity index (χ2v) is 6.81. The number of anilines is 1. The fraction of sp³-hybridized carbons (Fsp3) is 0.438. The van der Waals surface area contributed by atoms with Gasteiger partial charge >= 0.3 is 0 Å². The summed E-state index contributed by atoms with van der Waals surface area (Å²) in [4.78, 5) is 40.6. The summed E-state index contributed by atoms with van der Waals surface area (Å²) in [6.45, 7) is 2.38. The van der Waals surface area contributed by atoms with Crippen molar-refractivity contribution in [3.63, 3.8) is 0 Å². The summed E-state index contributed by atoms with van der Waals surface area (Å²) >= 11 is 12.1.